The Hall–Kier alpha value is -2.64. The molecular weight excluding hydrogens is 346 g/mol. The molecule has 0 radical (unpaired) electrons. The number of rotatable bonds is 3. The maximum Gasteiger partial charge on any atom is 0.230 e. The van der Waals surface area contributed by atoms with Crippen LogP contribution in [0.3, 0.4) is 0 Å². The molecule has 2 atom stereocenters. The Labute approximate surface area is 134 Å². The summed E-state index contributed by atoms with van der Waals surface area (Å²) in [5, 5.41) is 20.3. The van der Waals surface area contributed by atoms with Crippen molar-refractivity contribution < 1.29 is 4.79 Å². The first kappa shape index (κ1) is 14.3. The summed E-state index contributed by atoms with van der Waals surface area (Å²) in [6, 6.07) is 11.5. The fourth-order valence-corrected chi connectivity index (χ4v) is 2.81. The Balaban J connectivity index is 1.68. The Morgan fingerprint density at radius 3 is 2.86 bits per heavy atom. The maximum absolute atomic E-state index is 12.2. The lowest BCUT2D eigenvalue weighted by Gasteiger charge is -2.02. The molecule has 6 nitrogen and oxygen atoms in total. The van der Waals surface area contributed by atoms with Gasteiger partial charge in [-0.2, -0.15) is 10.5 Å². The van der Waals surface area contributed by atoms with Gasteiger partial charge in [0.25, 0.3) is 0 Å². The third-order valence-electron chi connectivity index (χ3n) is 3.57. The van der Waals surface area contributed by atoms with Gasteiger partial charge >= 0.3 is 0 Å². The Kier molecular flexibility index (Phi) is 3.66. The van der Waals surface area contributed by atoms with Gasteiger partial charge in [0.15, 0.2) is 11.4 Å². The molecule has 1 fully saturated rings. The van der Waals surface area contributed by atoms with Crippen molar-refractivity contribution >= 4 is 27.8 Å². The third-order valence-corrected chi connectivity index (χ3v) is 4.06. The second kappa shape index (κ2) is 5.63. The molecule has 1 heterocycles. The number of benzene rings is 1. The lowest BCUT2D eigenvalue weighted by Crippen LogP contribution is -2.15. The first-order valence-corrected chi connectivity index (χ1v) is 7.38. The van der Waals surface area contributed by atoms with Crippen LogP contribution in [0, 0.1) is 28.6 Å². The number of carbonyl (C=O) groups excluding carboxylic acids is 1. The fourth-order valence-electron chi connectivity index (χ4n) is 2.39. The first-order valence-electron chi connectivity index (χ1n) is 6.59. The molecule has 1 aromatic carbocycles. The number of carbonyl (C=O) groups is 1. The summed E-state index contributed by atoms with van der Waals surface area (Å²) in [6.07, 6.45) is 0.777. The zero-order chi connectivity index (χ0) is 15.7. The number of imidazole rings is 1. The largest absolute Gasteiger partial charge is 0.314 e. The molecule has 22 heavy (non-hydrogen) atoms. The zero-order valence-corrected chi connectivity index (χ0v) is 12.9. The smallest absolute Gasteiger partial charge is 0.230 e. The summed E-state index contributed by atoms with van der Waals surface area (Å²) in [5.41, 5.74) is 1.15. The van der Waals surface area contributed by atoms with Crippen molar-refractivity contribution in [1.82, 2.24) is 9.97 Å². The predicted molar refractivity (Wildman–Crippen MR) is 81.6 cm³/mol. The SMILES string of the molecule is N#Cc1nc(NC(=O)C2CC2c2cccc(Br)c2)[nH]c1C#N. The van der Waals surface area contributed by atoms with E-state index in [2.05, 4.69) is 31.2 Å². The van der Waals surface area contributed by atoms with Crippen molar-refractivity contribution in [1.29, 1.82) is 10.5 Å². The van der Waals surface area contributed by atoms with E-state index in [0.29, 0.717) is 0 Å². The molecule has 1 aromatic heterocycles. The fraction of sp³-hybridized carbons (Fsp3) is 0.200. The summed E-state index contributed by atoms with van der Waals surface area (Å²) in [4.78, 5) is 18.7. The molecule has 1 saturated carbocycles. The van der Waals surface area contributed by atoms with Gasteiger partial charge in [0.05, 0.1) is 0 Å². The van der Waals surface area contributed by atoms with Crippen LogP contribution in [0.2, 0.25) is 0 Å². The number of anilines is 1. The molecule has 2 unspecified atom stereocenters. The van der Waals surface area contributed by atoms with E-state index in [0.717, 1.165) is 16.5 Å². The van der Waals surface area contributed by atoms with Gasteiger partial charge in [-0.15, -0.1) is 0 Å². The van der Waals surface area contributed by atoms with Crippen molar-refractivity contribution in [3.63, 3.8) is 0 Å². The zero-order valence-electron chi connectivity index (χ0n) is 11.3. The van der Waals surface area contributed by atoms with E-state index in [1.807, 2.05) is 30.3 Å². The minimum absolute atomic E-state index is 0.0165. The summed E-state index contributed by atoms with van der Waals surface area (Å²) < 4.78 is 0.986. The molecule has 0 spiro atoms. The molecule has 0 bridgehead atoms. The van der Waals surface area contributed by atoms with E-state index in [-0.39, 0.29) is 35.1 Å². The maximum atomic E-state index is 12.2. The van der Waals surface area contributed by atoms with Crippen LogP contribution < -0.4 is 5.32 Å². The molecule has 3 rings (SSSR count). The molecule has 108 valence electrons. The summed E-state index contributed by atoms with van der Waals surface area (Å²) in [5.74, 6) is 0.0551. The Bertz CT molecular complexity index is 798. The van der Waals surface area contributed by atoms with Crippen LogP contribution in [0.15, 0.2) is 28.7 Å². The van der Waals surface area contributed by atoms with Crippen LogP contribution in [0.1, 0.15) is 29.3 Å². The number of halogens is 1. The summed E-state index contributed by atoms with van der Waals surface area (Å²) in [6.45, 7) is 0. The van der Waals surface area contributed by atoms with E-state index >= 15 is 0 Å². The molecular formula is C15H10BrN5O. The molecule has 0 aliphatic heterocycles. The van der Waals surface area contributed by atoms with Crippen molar-refractivity contribution in [3.8, 4) is 12.1 Å². The van der Waals surface area contributed by atoms with Crippen LogP contribution in [-0.2, 0) is 4.79 Å². The standard InChI is InChI=1S/C15H10BrN5O/c16-9-3-1-2-8(4-9)10-5-11(10)14(22)21-15-19-12(6-17)13(7-18)20-15/h1-4,10-11H,5H2,(H2,19,20,21,22). The molecule has 1 amide bonds. The Morgan fingerprint density at radius 2 is 2.23 bits per heavy atom. The van der Waals surface area contributed by atoms with Gasteiger partial charge in [-0.05, 0) is 30.0 Å². The third kappa shape index (κ3) is 2.72. The van der Waals surface area contributed by atoms with E-state index in [1.165, 1.54) is 0 Å². The van der Waals surface area contributed by atoms with Crippen LogP contribution >= 0.6 is 15.9 Å². The van der Waals surface area contributed by atoms with Gasteiger partial charge in [-0.1, -0.05) is 28.1 Å². The van der Waals surface area contributed by atoms with Crippen molar-refractivity contribution in [2.45, 2.75) is 12.3 Å². The molecule has 0 saturated heterocycles. The molecule has 7 heteroatoms. The average Bonchev–Trinajstić information content (AvgIpc) is 3.22. The molecule has 2 aromatic rings. The number of nitrogens with one attached hydrogen (secondary N) is 2. The van der Waals surface area contributed by atoms with Gasteiger partial charge < -0.3 is 4.98 Å². The summed E-state index contributed by atoms with van der Waals surface area (Å²) in [7, 11) is 0. The summed E-state index contributed by atoms with van der Waals surface area (Å²) >= 11 is 3.42. The monoisotopic (exact) mass is 355 g/mol. The van der Waals surface area contributed by atoms with Gasteiger partial charge in [-0.25, -0.2) is 4.98 Å². The highest BCUT2D eigenvalue weighted by Gasteiger charge is 2.44. The van der Waals surface area contributed by atoms with Gasteiger partial charge in [-0.3, -0.25) is 10.1 Å². The number of aromatic amines is 1. The average molecular weight is 356 g/mol. The molecule has 1 aliphatic rings. The van der Waals surface area contributed by atoms with E-state index in [1.54, 1.807) is 6.07 Å². The second-order valence-electron chi connectivity index (χ2n) is 5.03. The van der Waals surface area contributed by atoms with E-state index < -0.39 is 0 Å². The number of aromatic nitrogens is 2. The highest BCUT2D eigenvalue weighted by atomic mass is 79.9. The van der Waals surface area contributed by atoms with Crippen LogP contribution in [-0.4, -0.2) is 15.9 Å². The highest BCUT2D eigenvalue weighted by molar-refractivity contribution is 9.10. The number of amides is 1. The molecule has 2 N–H and O–H groups in total. The topological polar surface area (TPSA) is 105 Å². The lowest BCUT2D eigenvalue weighted by atomic mass is 10.1. The van der Waals surface area contributed by atoms with Crippen molar-refractivity contribution in [2.75, 3.05) is 5.32 Å². The van der Waals surface area contributed by atoms with Gasteiger partial charge in [0.1, 0.15) is 12.1 Å². The lowest BCUT2D eigenvalue weighted by molar-refractivity contribution is -0.117. The van der Waals surface area contributed by atoms with Gasteiger partial charge in [0.2, 0.25) is 11.9 Å². The van der Waals surface area contributed by atoms with Crippen molar-refractivity contribution in [2.24, 2.45) is 5.92 Å². The Morgan fingerprint density at radius 1 is 1.41 bits per heavy atom. The van der Waals surface area contributed by atoms with Crippen LogP contribution in [0.25, 0.3) is 0 Å². The normalized spacial score (nSPS) is 19.0. The number of hydrogen-bond donors (Lipinski definition) is 2. The molecule has 1 aliphatic carbocycles. The quantitative estimate of drug-likeness (QED) is 0.882. The van der Waals surface area contributed by atoms with Crippen LogP contribution in [0.5, 0.6) is 0 Å². The second-order valence-corrected chi connectivity index (χ2v) is 5.94. The minimum atomic E-state index is -0.160. The van der Waals surface area contributed by atoms with Crippen molar-refractivity contribution in [3.05, 3.63) is 45.7 Å². The van der Waals surface area contributed by atoms with E-state index in [4.69, 9.17) is 10.5 Å². The number of nitriles is 2. The minimum Gasteiger partial charge on any atom is -0.314 e. The number of hydrogen-bond acceptors (Lipinski definition) is 4. The first-order chi connectivity index (χ1) is 10.6. The highest BCUT2D eigenvalue weighted by Crippen LogP contribution is 2.48. The van der Waals surface area contributed by atoms with Crippen LogP contribution in [0.4, 0.5) is 5.95 Å². The number of nitrogens with zero attached hydrogens (tertiary/aromatic N) is 3. The predicted octanol–water partition coefficient (Wildman–Crippen LogP) is 2.66. The number of H-pyrrole nitrogens is 1. The van der Waals surface area contributed by atoms with E-state index in [9.17, 15) is 4.79 Å². The van der Waals surface area contributed by atoms with Gasteiger partial charge in [0, 0.05) is 10.4 Å².